The van der Waals surface area contributed by atoms with Crippen molar-refractivity contribution < 1.29 is 14.1 Å². The molecule has 1 amide bonds. The van der Waals surface area contributed by atoms with Crippen LogP contribution in [0.4, 0.5) is 10.5 Å². The van der Waals surface area contributed by atoms with Gasteiger partial charge in [-0.3, -0.25) is 5.32 Å². The van der Waals surface area contributed by atoms with Gasteiger partial charge in [-0.15, -0.1) is 0 Å². The van der Waals surface area contributed by atoms with Gasteiger partial charge in [0, 0.05) is 11.0 Å². The van der Waals surface area contributed by atoms with E-state index in [0.29, 0.717) is 22.6 Å². The lowest BCUT2D eigenvalue weighted by Crippen LogP contribution is -2.25. The minimum atomic E-state index is -0.552. The minimum absolute atomic E-state index is 0.267. The van der Waals surface area contributed by atoms with E-state index in [1.807, 2.05) is 49.4 Å². The second-order valence-corrected chi connectivity index (χ2v) is 11.0. The zero-order chi connectivity index (χ0) is 26.2. The first-order valence-corrected chi connectivity index (χ1v) is 12.9. The lowest BCUT2D eigenvalue weighted by atomic mass is 9.73. The number of carbonyl (C=O) groups excluding carboxylic acids is 1. The van der Waals surface area contributed by atoms with Crippen LogP contribution in [0.3, 0.4) is 0 Å². The minimum Gasteiger partial charge on any atom is -0.441 e. The number of rotatable bonds is 6. The van der Waals surface area contributed by atoms with Gasteiger partial charge in [0.05, 0.1) is 0 Å². The highest BCUT2D eigenvalue weighted by Crippen LogP contribution is 2.59. The highest BCUT2D eigenvalue weighted by Gasteiger charge is 2.52. The first kappa shape index (κ1) is 24.8. The maximum atomic E-state index is 12.6. The first-order chi connectivity index (χ1) is 17.7. The SMILES string of the molecule is Cc1noc(-c2ccc(-c3ccc(C4(C(C)(C)C)CC4)cc3)cc2)c1NC(=O)O[C@H](C)c1ccccc1. The molecule has 0 radical (unpaired) electrons. The smallest absolute Gasteiger partial charge is 0.412 e. The zero-order valence-corrected chi connectivity index (χ0v) is 22.2. The Bertz CT molecular complexity index is 1380. The number of nitrogens with one attached hydrogen (secondary N) is 1. The third-order valence-electron chi connectivity index (χ3n) is 7.75. The summed E-state index contributed by atoms with van der Waals surface area (Å²) in [5.41, 5.74) is 7.16. The van der Waals surface area contributed by atoms with E-state index in [1.165, 1.54) is 24.0 Å². The van der Waals surface area contributed by atoms with Gasteiger partial charge < -0.3 is 9.26 Å². The molecule has 1 saturated carbocycles. The van der Waals surface area contributed by atoms with Crippen molar-refractivity contribution in [3.63, 3.8) is 0 Å². The zero-order valence-electron chi connectivity index (χ0n) is 22.2. The highest BCUT2D eigenvalue weighted by molar-refractivity contribution is 5.91. The Morgan fingerprint density at radius 3 is 2.05 bits per heavy atom. The molecule has 1 aliphatic rings. The predicted molar refractivity (Wildman–Crippen MR) is 147 cm³/mol. The van der Waals surface area contributed by atoms with Gasteiger partial charge >= 0.3 is 6.09 Å². The third-order valence-corrected chi connectivity index (χ3v) is 7.75. The van der Waals surface area contributed by atoms with Gasteiger partial charge in [-0.25, -0.2) is 4.79 Å². The van der Waals surface area contributed by atoms with Crippen LogP contribution in [0.2, 0.25) is 0 Å². The van der Waals surface area contributed by atoms with Crippen molar-refractivity contribution in [2.24, 2.45) is 5.41 Å². The fourth-order valence-corrected chi connectivity index (χ4v) is 5.19. The largest absolute Gasteiger partial charge is 0.441 e. The fourth-order valence-electron chi connectivity index (χ4n) is 5.19. The quantitative estimate of drug-likeness (QED) is 0.291. The molecule has 5 heteroatoms. The normalized spacial score (nSPS) is 15.2. The number of amides is 1. The number of hydrogen-bond acceptors (Lipinski definition) is 4. The first-order valence-electron chi connectivity index (χ1n) is 12.9. The van der Waals surface area contributed by atoms with E-state index in [0.717, 1.165) is 16.7 Å². The van der Waals surface area contributed by atoms with Gasteiger partial charge in [-0.05, 0) is 54.4 Å². The molecule has 190 valence electrons. The van der Waals surface area contributed by atoms with Crippen molar-refractivity contribution in [1.82, 2.24) is 5.16 Å². The predicted octanol–water partition coefficient (Wildman–Crippen LogP) is 8.70. The van der Waals surface area contributed by atoms with Gasteiger partial charge in [-0.1, -0.05) is 105 Å². The molecule has 3 aromatic carbocycles. The molecule has 5 rings (SSSR count). The van der Waals surface area contributed by atoms with E-state index in [2.05, 4.69) is 67.6 Å². The molecule has 1 fully saturated rings. The topological polar surface area (TPSA) is 64.4 Å². The number of benzene rings is 3. The standard InChI is InChI=1S/C32H34N2O3/c1-21-28(33-30(35)36-22(2)23-9-7-6-8-10-23)29(37-34-21)26-13-11-24(12-14-26)25-15-17-27(18-16-25)32(19-20-32)31(3,4)5/h6-18,22H,19-20H2,1-5H3,(H,33,35)/t22-/m1/s1. The van der Waals surface area contributed by atoms with E-state index >= 15 is 0 Å². The molecule has 1 heterocycles. The molecular formula is C32H34N2O3. The van der Waals surface area contributed by atoms with Crippen molar-refractivity contribution in [2.75, 3.05) is 5.32 Å². The van der Waals surface area contributed by atoms with Crippen LogP contribution in [0.5, 0.6) is 0 Å². The van der Waals surface area contributed by atoms with Gasteiger partial charge in [0.2, 0.25) is 0 Å². The second kappa shape index (κ2) is 9.55. The number of aryl methyl sites for hydroxylation is 1. The monoisotopic (exact) mass is 494 g/mol. The van der Waals surface area contributed by atoms with E-state index < -0.39 is 6.09 Å². The van der Waals surface area contributed by atoms with Crippen LogP contribution in [0.1, 0.15) is 63.5 Å². The van der Waals surface area contributed by atoms with Crippen molar-refractivity contribution in [3.05, 3.63) is 95.7 Å². The Morgan fingerprint density at radius 1 is 0.919 bits per heavy atom. The van der Waals surface area contributed by atoms with Crippen molar-refractivity contribution >= 4 is 11.8 Å². The molecule has 4 aromatic rings. The molecule has 0 spiro atoms. The average Bonchev–Trinajstić information content (AvgIpc) is 3.65. The van der Waals surface area contributed by atoms with E-state index in [-0.39, 0.29) is 11.5 Å². The summed E-state index contributed by atoms with van der Waals surface area (Å²) in [4.78, 5) is 12.6. The Balaban J connectivity index is 1.30. The van der Waals surface area contributed by atoms with Crippen molar-refractivity contribution in [2.45, 2.75) is 59.0 Å². The second-order valence-electron chi connectivity index (χ2n) is 11.0. The van der Waals surface area contributed by atoms with E-state index in [4.69, 9.17) is 9.26 Å². The van der Waals surface area contributed by atoms with Gasteiger partial charge in [-0.2, -0.15) is 0 Å². The number of aromatic nitrogens is 1. The molecule has 0 aliphatic heterocycles. The summed E-state index contributed by atoms with van der Waals surface area (Å²) in [6.07, 6.45) is 1.59. The van der Waals surface area contributed by atoms with Crippen molar-refractivity contribution in [1.29, 1.82) is 0 Å². The molecule has 37 heavy (non-hydrogen) atoms. The molecule has 1 aliphatic carbocycles. The molecule has 0 bridgehead atoms. The maximum absolute atomic E-state index is 12.6. The van der Waals surface area contributed by atoms with Gasteiger partial charge in [0.25, 0.3) is 0 Å². The van der Waals surface area contributed by atoms with E-state index in [9.17, 15) is 4.79 Å². The van der Waals surface area contributed by atoms with Crippen LogP contribution in [-0.2, 0) is 10.2 Å². The molecule has 0 unspecified atom stereocenters. The van der Waals surface area contributed by atoms with Crippen LogP contribution in [0, 0.1) is 12.3 Å². The Morgan fingerprint density at radius 2 is 1.49 bits per heavy atom. The number of hydrogen-bond donors (Lipinski definition) is 1. The summed E-state index contributed by atoms with van der Waals surface area (Å²) >= 11 is 0. The van der Waals surface area contributed by atoms with Crippen LogP contribution < -0.4 is 5.32 Å². The van der Waals surface area contributed by atoms with E-state index in [1.54, 1.807) is 6.92 Å². The summed E-state index contributed by atoms with van der Waals surface area (Å²) in [7, 11) is 0. The molecular weight excluding hydrogens is 460 g/mol. The fraction of sp³-hybridized carbons (Fsp3) is 0.312. The highest BCUT2D eigenvalue weighted by atomic mass is 16.6. The van der Waals surface area contributed by atoms with Gasteiger partial charge in [0.15, 0.2) is 5.76 Å². The Kier molecular flexibility index (Phi) is 6.40. The van der Waals surface area contributed by atoms with Crippen LogP contribution in [0.25, 0.3) is 22.5 Å². The summed E-state index contributed by atoms with van der Waals surface area (Å²) in [6.45, 7) is 10.7. The lowest BCUT2D eigenvalue weighted by molar-refractivity contribution is 0.121. The molecule has 1 N–H and O–H groups in total. The molecule has 0 saturated heterocycles. The van der Waals surface area contributed by atoms with Gasteiger partial charge in [0.1, 0.15) is 17.5 Å². The summed E-state index contributed by atoms with van der Waals surface area (Å²) in [5.74, 6) is 0.504. The van der Waals surface area contributed by atoms with Crippen LogP contribution in [-0.4, -0.2) is 11.2 Å². The maximum Gasteiger partial charge on any atom is 0.412 e. The summed E-state index contributed by atoms with van der Waals surface area (Å²) < 4.78 is 11.2. The van der Waals surface area contributed by atoms with Crippen LogP contribution >= 0.6 is 0 Å². The average molecular weight is 495 g/mol. The third kappa shape index (κ3) is 4.91. The number of nitrogens with zero attached hydrogens (tertiary/aromatic N) is 1. The Hall–Kier alpha value is -3.86. The number of ether oxygens (including phenoxy) is 1. The van der Waals surface area contributed by atoms with Crippen LogP contribution in [0.15, 0.2) is 83.4 Å². The molecule has 1 atom stereocenters. The number of anilines is 1. The molecule has 5 nitrogen and oxygen atoms in total. The van der Waals surface area contributed by atoms with Crippen molar-refractivity contribution in [3.8, 4) is 22.5 Å². The lowest BCUT2D eigenvalue weighted by Gasteiger charge is -2.31. The molecule has 1 aromatic heterocycles. The Labute approximate surface area is 218 Å². The summed E-state index contributed by atoms with van der Waals surface area (Å²) in [6, 6.07) is 26.7. The summed E-state index contributed by atoms with van der Waals surface area (Å²) in [5, 5.41) is 6.90. The number of carbonyl (C=O) groups is 1.